The summed E-state index contributed by atoms with van der Waals surface area (Å²) in [6.45, 7) is 7.31. The summed E-state index contributed by atoms with van der Waals surface area (Å²) in [5.41, 5.74) is 0. The first-order valence-corrected chi connectivity index (χ1v) is 6.72. The van der Waals surface area contributed by atoms with E-state index in [1.807, 2.05) is 6.07 Å². The van der Waals surface area contributed by atoms with Crippen molar-refractivity contribution >= 4 is 11.6 Å². The number of morpholine rings is 1. The number of hydrogen-bond acceptors (Lipinski definition) is 6. The van der Waals surface area contributed by atoms with E-state index in [2.05, 4.69) is 34.0 Å². The molecule has 1 aromatic rings. The summed E-state index contributed by atoms with van der Waals surface area (Å²) in [6, 6.07) is 1.95. The second kappa shape index (κ2) is 6.68. The first-order valence-electron chi connectivity index (χ1n) is 6.72. The third-order valence-electron chi connectivity index (χ3n) is 3.01. The number of nitrogens with zero attached hydrogens (tertiary/aromatic N) is 3. The first-order chi connectivity index (χ1) is 9.19. The summed E-state index contributed by atoms with van der Waals surface area (Å²) < 4.78 is 5.44. The lowest BCUT2D eigenvalue weighted by Gasteiger charge is -2.32. The molecule has 19 heavy (non-hydrogen) atoms. The highest BCUT2D eigenvalue weighted by Gasteiger charge is 2.21. The minimum absolute atomic E-state index is 0.0417. The van der Waals surface area contributed by atoms with E-state index in [4.69, 9.17) is 9.84 Å². The molecule has 0 radical (unpaired) electrons. The molecule has 6 nitrogen and oxygen atoms in total. The van der Waals surface area contributed by atoms with E-state index in [1.165, 1.54) is 0 Å². The lowest BCUT2D eigenvalue weighted by Crippen LogP contribution is -2.44. The van der Waals surface area contributed by atoms with E-state index in [9.17, 15) is 0 Å². The van der Waals surface area contributed by atoms with Gasteiger partial charge in [0.1, 0.15) is 18.0 Å². The fraction of sp³-hybridized carbons (Fsp3) is 0.692. The zero-order chi connectivity index (χ0) is 13.7. The molecule has 0 aliphatic carbocycles. The second-order valence-electron chi connectivity index (χ2n) is 5.16. The normalized spacial score (nSPS) is 19.8. The number of anilines is 2. The highest BCUT2D eigenvalue weighted by molar-refractivity contribution is 5.48. The van der Waals surface area contributed by atoms with E-state index in [0.29, 0.717) is 19.1 Å². The van der Waals surface area contributed by atoms with Gasteiger partial charge in [0.15, 0.2) is 0 Å². The van der Waals surface area contributed by atoms with Crippen LogP contribution in [-0.2, 0) is 4.74 Å². The SMILES string of the molecule is CC(C)CNc1cc(N2CCOC(CO)C2)ncn1. The molecule has 2 heterocycles. The average molecular weight is 266 g/mol. The molecule has 1 aromatic heterocycles. The van der Waals surface area contributed by atoms with Crippen LogP contribution in [0.3, 0.4) is 0 Å². The highest BCUT2D eigenvalue weighted by Crippen LogP contribution is 2.17. The Bertz CT molecular complexity index is 400. The number of ether oxygens (including phenoxy) is 1. The summed E-state index contributed by atoms with van der Waals surface area (Å²) in [5.74, 6) is 2.29. The van der Waals surface area contributed by atoms with E-state index in [-0.39, 0.29) is 12.7 Å². The van der Waals surface area contributed by atoms with Gasteiger partial charge in [0.2, 0.25) is 0 Å². The number of aliphatic hydroxyl groups is 1. The molecule has 2 N–H and O–H groups in total. The lowest BCUT2D eigenvalue weighted by molar-refractivity contribution is 0.00336. The van der Waals surface area contributed by atoms with Gasteiger partial charge in [-0.2, -0.15) is 0 Å². The topological polar surface area (TPSA) is 70.5 Å². The van der Waals surface area contributed by atoms with Gasteiger partial charge in [-0.3, -0.25) is 0 Å². The smallest absolute Gasteiger partial charge is 0.134 e. The maximum atomic E-state index is 9.16. The maximum absolute atomic E-state index is 9.16. The van der Waals surface area contributed by atoms with Crippen molar-refractivity contribution in [3.63, 3.8) is 0 Å². The molecule has 0 aromatic carbocycles. The molecule has 0 saturated carbocycles. The van der Waals surface area contributed by atoms with Gasteiger partial charge in [-0.05, 0) is 5.92 Å². The van der Waals surface area contributed by atoms with Gasteiger partial charge < -0.3 is 20.1 Å². The van der Waals surface area contributed by atoms with Crippen LogP contribution in [0, 0.1) is 5.92 Å². The number of aliphatic hydroxyl groups excluding tert-OH is 1. The molecule has 0 spiro atoms. The molecule has 6 heteroatoms. The summed E-state index contributed by atoms with van der Waals surface area (Å²) in [7, 11) is 0. The molecule has 1 fully saturated rings. The molecule has 1 aliphatic heterocycles. The van der Waals surface area contributed by atoms with Crippen molar-refractivity contribution in [2.45, 2.75) is 20.0 Å². The molecular formula is C13H22N4O2. The van der Waals surface area contributed by atoms with Gasteiger partial charge in [0.25, 0.3) is 0 Å². The molecule has 0 bridgehead atoms. The van der Waals surface area contributed by atoms with Gasteiger partial charge in [0, 0.05) is 25.7 Å². The van der Waals surface area contributed by atoms with E-state index >= 15 is 0 Å². The van der Waals surface area contributed by atoms with Crippen molar-refractivity contribution in [2.75, 3.05) is 43.1 Å². The van der Waals surface area contributed by atoms with Crippen LogP contribution in [0.15, 0.2) is 12.4 Å². The van der Waals surface area contributed by atoms with Crippen molar-refractivity contribution in [1.82, 2.24) is 9.97 Å². The highest BCUT2D eigenvalue weighted by atomic mass is 16.5. The van der Waals surface area contributed by atoms with Gasteiger partial charge in [-0.25, -0.2) is 9.97 Å². The third-order valence-corrected chi connectivity index (χ3v) is 3.01. The molecule has 1 atom stereocenters. The van der Waals surface area contributed by atoms with E-state index < -0.39 is 0 Å². The van der Waals surface area contributed by atoms with Crippen molar-refractivity contribution in [1.29, 1.82) is 0 Å². The van der Waals surface area contributed by atoms with Crippen LogP contribution in [0.25, 0.3) is 0 Å². The van der Waals surface area contributed by atoms with Gasteiger partial charge >= 0.3 is 0 Å². The second-order valence-corrected chi connectivity index (χ2v) is 5.16. The Morgan fingerprint density at radius 3 is 3.11 bits per heavy atom. The minimum Gasteiger partial charge on any atom is -0.394 e. The number of hydrogen-bond donors (Lipinski definition) is 2. The standard InChI is InChI=1S/C13H22N4O2/c1-10(2)6-14-12-5-13(16-9-15-12)17-3-4-19-11(7-17)8-18/h5,9-11,18H,3-4,6-8H2,1-2H3,(H,14,15,16). The van der Waals surface area contributed by atoms with Crippen molar-refractivity contribution in [3.8, 4) is 0 Å². The van der Waals surface area contributed by atoms with Crippen molar-refractivity contribution in [3.05, 3.63) is 12.4 Å². The molecule has 106 valence electrons. The summed E-state index contributed by atoms with van der Waals surface area (Å²) in [5, 5.41) is 12.4. The third kappa shape index (κ3) is 4.04. The first kappa shape index (κ1) is 14.0. The molecular weight excluding hydrogens is 244 g/mol. The monoisotopic (exact) mass is 266 g/mol. The molecule has 2 rings (SSSR count). The van der Waals surface area contributed by atoms with Crippen LogP contribution >= 0.6 is 0 Å². The van der Waals surface area contributed by atoms with Gasteiger partial charge in [-0.1, -0.05) is 13.8 Å². The Morgan fingerprint density at radius 1 is 1.53 bits per heavy atom. The van der Waals surface area contributed by atoms with Gasteiger partial charge in [0.05, 0.1) is 19.3 Å². The quantitative estimate of drug-likeness (QED) is 0.819. The Labute approximate surface area is 113 Å². The predicted molar refractivity (Wildman–Crippen MR) is 74.4 cm³/mol. The van der Waals surface area contributed by atoms with Crippen molar-refractivity contribution < 1.29 is 9.84 Å². The number of rotatable bonds is 5. The largest absolute Gasteiger partial charge is 0.394 e. The minimum atomic E-state index is -0.129. The average Bonchev–Trinajstić information content (AvgIpc) is 2.45. The van der Waals surface area contributed by atoms with Crippen LogP contribution in [0.2, 0.25) is 0 Å². The number of aromatic nitrogens is 2. The number of nitrogens with one attached hydrogen (secondary N) is 1. The molecule has 0 amide bonds. The summed E-state index contributed by atoms with van der Waals surface area (Å²) in [4.78, 5) is 10.6. The fourth-order valence-electron chi connectivity index (χ4n) is 1.96. The maximum Gasteiger partial charge on any atom is 0.134 e. The Kier molecular flexibility index (Phi) is 4.93. The zero-order valence-electron chi connectivity index (χ0n) is 11.5. The van der Waals surface area contributed by atoms with Crippen LogP contribution in [0.1, 0.15) is 13.8 Å². The van der Waals surface area contributed by atoms with Crippen LogP contribution < -0.4 is 10.2 Å². The lowest BCUT2D eigenvalue weighted by atomic mass is 10.2. The Morgan fingerprint density at radius 2 is 2.37 bits per heavy atom. The van der Waals surface area contributed by atoms with Gasteiger partial charge in [-0.15, -0.1) is 0 Å². The summed E-state index contributed by atoms with van der Waals surface area (Å²) >= 11 is 0. The zero-order valence-corrected chi connectivity index (χ0v) is 11.5. The van der Waals surface area contributed by atoms with E-state index in [1.54, 1.807) is 6.33 Å². The van der Waals surface area contributed by atoms with Crippen LogP contribution in [0.4, 0.5) is 11.6 Å². The molecule has 1 saturated heterocycles. The van der Waals surface area contributed by atoms with Crippen molar-refractivity contribution in [2.24, 2.45) is 5.92 Å². The predicted octanol–water partition coefficient (Wildman–Crippen LogP) is 0.742. The molecule has 1 unspecified atom stereocenters. The van der Waals surface area contributed by atoms with Crippen LogP contribution in [0.5, 0.6) is 0 Å². The molecule has 1 aliphatic rings. The summed E-state index contributed by atoms with van der Waals surface area (Å²) in [6.07, 6.45) is 1.44. The Balaban J connectivity index is 2.01. The van der Waals surface area contributed by atoms with E-state index in [0.717, 1.165) is 24.7 Å². The van der Waals surface area contributed by atoms with Crippen LogP contribution in [-0.4, -0.2) is 54.0 Å². The fourth-order valence-corrected chi connectivity index (χ4v) is 1.96. The Hall–Kier alpha value is -1.40.